The minimum Gasteiger partial charge on any atom is -0.303 e. The molecular formula is C17H34N2. The van der Waals surface area contributed by atoms with Crippen molar-refractivity contribution in [2.45, 2.75) is 59.4 Å². The predicted octanol–water partition coefficient (Wildman–Crippen LogP) is 3.47. The third-order valence-corrected chi connectivity index (χ3v) is 5.33. The maximum atomic E-state index is 2.73. The fourth-order valence-corrected chi connectivity index (χ4v) is 3.76. The van der Waals surface area contributed by atoms with Gasteiger partial charge in [0.15, 0.2) is 0 Å². The summed E-state index contributed by atoms with van der Waals surface area (Å²) in [4.78, 5) is 5.40. The molecule has 0 bridgehead atoms. The van der Waals surface area contributed by atoms with Gasteiger partial charge in [-0.15, -0.1) is 0 Å². The van der Waals surface area contributed by atoms with Crippen LogP contribution in [-0.2, 0) is 0 Å². The minimum atomic E-state index is 0.361. The number of hydrogen-bond donors (Lipinski definition) is 0. The van der Waals surface area contributed by atoms with Crippen LogP contribution in [-0.4, -0.2) is 48.1 Å². The molecule has 2 saturated heterocycles. The molecule has 2 nitrogen and oxygen atoms in total. The second-order valence-electron chi connectivity index (χ2n) is 8.15. The van der Waals surface area contributed by atoms with E-state index in [2.05, 4.69) is 44.4 Å². The van der Waals surface area contributed by atoms with Gasteiger partial charge in [-0.05, 0) is 77.4 Å². The number of hydrogen-bond acceptors (Lipinski definition) is 2. The van der Waals surface area contributed by atoms with E-state index in [1.807, 2.05) is 0 Å². The summed E-state index contributed by atoms with van der Waals surface area (Å²) in [6.07, 6.45) is 4.25. The molecule has 0 N–H and O–H groups in total. The lowest BCUT2D eigenvalue weighted by Crippen LogP contribution is -2.41. The Kier molecular flexibility index (Phi) is 4.94. The zero-order valence-corrected chi connectivity index (χ0v) is 13.8. The smallest absolute Gasteiger partial charge is 0.0125 e. The van der Waals surface area contributed by atoms with Crippen molar-refractivity contribution in [2.24, 2.45) is 17.8 Å². The molecule has 0 aromatic heterocycles. The van der Waals surface area contributed by atoms with Gasteiger partial charge in [0, 0.05) is 18.6 Å². The molecule has 1 atom stereocenters. The molecule has 0 amide bonds. The van der Waals surface area contributed by atoms with Crippen molar-refractivity contribution in [2.75, 3.05) is 32.7 Å². The molecule has 0 aliphatic carbocycles. The number of piperidine rings is 1. The standard InChI is InChI=1S/C17H34N2/c1-14(2)16-7-9-18(10-8-16)12-15-6-11-19(13-15)17(3,4)5/h14-16H,6-13H2,1-5H3/t15-/m0/s1. The van der Waals surface area contributed by atoms with Crippen molar-refractivity contribution < 1.29 is 0 Å². The van der Waals surface area contributed by atoms with Gasteiger partial charge in [-0.1, -0.05) is 13.8 Å². The monoisotopic (exact) mass is 266 g/mol. The Morgan fingerprint density at radius 1 is 1.00 bits per heavy atom. The first-order valence-electron chi connectivity index (χ1n) is 8.33. The summed E-state index contributed by atoms with van der Waals surface area (Å²) < 4.78 is 0. The molecule has 2 aliphatic heterocycles. The molecule has 2 heterocycles. The van der Waals surface area contributed by atoms with Crippen LogP contribution in [0.3, 0.4) is 0 Å². The van der Waals surface area contributed by atoms with E-state index in [9.17, 15) is 0 Å². The van der Waals surface area contributed by atoms with Crippen molar-refractivity contribution in [1.29, 1.82) is 0 Å². The van der Waals surface area contributed by atoms with Gasteiger partial charge in [-0.3, -0.25) is 4.90 Å². The molecule has 0 spiro atoms. The Balaban J connectivity index is 1.72. The first-order chi connectivity index (χ1) is 8.86. The van der Waals surface area contributed by atoms with Crippen molar-refractivity contribution in [3.8, 4) is 0 Å². The molecule has 2 aliphatic rings. The van der Waals surface area contributed by atoms with Crippen LogP contribution in [0.25, 0.3) is 0 Å². The molecule has 0 aromatic rings. The highest BCUT2D eigenvalue weighted by Crippen LogP contribution is 2.28. The first-order valence-corrected chi connectivity index (χ1v) is 8.33. The molecule has 2 rings (SSSR count). The predicted molar refractivity (Wildman–Crippen MR) is 83.4 cm³/mol. The number of nitrogens with zero attached hydrogens (tertiary/aromatic N) is 2. The molecule has 2 heteroatoms. The fourth-order valence-electron chi connectivity index (χ4n) is 3.76. The van der Waals surface area contributed by atoms with E-state index in [0.29, 0.717) is 5.54 Å². The summed E-state index contributed by atoms with van der Waals surface area (Å²) in [6.45, 7) is 18.5. The van der Waals surface area contributed by atoms with Gasteiger partial charge in [0.2, 0.25) is 0 Å². The summed E-state index contributed by atoms with van der Waals surface area (Å²) in [5.74, 6) is 2.77. The lowest BCUT2D eigenvalue weighted by molar-refractivity contribution is 0.129. The Morgan fingerprint density at radius 3 is 2.11 bits per heavy atom. The van der Waals surface area contributed by atoms with E-state index in [-0.39, 0.29) is 0 Å². The Hall–Kier alpha value is -0.0800. The highest BCUT2D eigenvalue weighted by molar-refractivity contribution is 4.86. The number of likely N-dealkylation sites (tertiary alicyclic amines) is 2. The largest absolute Gasteiger partial charge is 0.303 e. The van der Waals surface area contributed by atoms with Gasteiger partial charge in [-0.2, -0.15) is 0 Å². The van der Waals surface area contributed by atoms with Gasteiger partial charge in [0.1, 0.15) is 0 Å². The van der Waals surface area contributed by atoms with Gasteiger partial charge in [-0.25, -0.2) is 0 Å². The van der Waals surface area contributed by atoms with Crippen molar-refractivity contribution in [3.63, 3.8) is 0 Å². The van der Waals surface area contributed by atoms with Crippen LogP contribution in [0.5, 0.6) is 0 Å². The van der Waals surface area contributed by atoms with Crippen LogP contribution in [0.2, 0.25) is 0 Å². The van der Waals surface area contributed by atoms with Crippen LogP contribution in [0, 0.1) is 17.8 Å². The average molecular weight is 266 g/mol. The molecule has 112 valence electrons. The molecule has 2 fully saturated rings. The lowest BCUT2D eigenvalue weighted by atomic mass is 9.86. The zero-order valence-electron chi connectivity index (χ0n) is 13.8. The molecule has 0 saturated carbocycles. The first kappa shape index (κ1) is 15.3. The van der Waals surface area contributed by atoms with Crippen molar-refractivity contribution in [1.82, 2.24) is 9.80 Å². The van der Waals surface area contributed by atoms with E-state index in [1.54, 1.807) is 0 Å². The third-order valence-electron chi connectivity index (χ3n) is 5.33. The second-order valence-corrected chi connectivity index (χ2v) is 8.15. The highest BCUT2D eigenvalue weighted by atomic mass is 15.2. The Morgan fingerprint density at radius 2 is 1.63 bits per heavy atom. The Labute approximate surface area is 120 Å². The summed E-state index contributed by atoms with van der Waals surface area (Å²) >= 11 is 0. The van der Waals surface area contributed by atoms with Gasteiger partial charge >= 0.3 is 0 Å². The Bertz CT molecular complexity index is 271. The molecular weight excluding hydrogens is 232 g/mol. The van der Waals surface area contributed by atoms with E-state index < -0.39 is 0 Å². The minimum absolute atomic E-state index is 0.361. The lowest BCUT2D eigenvalue weighted by Gasteiger charge is -2.36. The molecule has 0 aromatic carbocycles. The zero-order chi connectivity index (χ0) is 14.0. The average Bonchev–Trinajstić information content (AvgIpc) is 2.78. The SMILES string of the molecule is CC(C)C1CCN(C[C@@H]2CCN(C(C)(C)C)C2)CC1. The van der Waals surface area contributed by atoms with Crippen LogP contribution in [0.4, 0.5) is 0 Å². The van der Waals surface area contributed by atoms with E-state index in [4.69, 9.17) is 0 Å². The van der Waals surface area contributed by atoms with Crippen LogP contribution in [0.15, 0.2) is 0 Å². The van der Waals surface area contributed by atoms with Crippen molar-refractivity contribution in [3.05, 3.63) is 0 Å². The summed E-state index contributed by atoms with van der Waals surface area (Å²) in [5, 5.41) is 0. The summed E-state index contributed by atoms with van der Waals surface area (Å²) in [7, 11) is 0. The van der Waals surface area contributed by atoms with Crippen molar-refractivity contribution >= 4 is 0 Å². The maximum Gasteiger partial charge on any atom is 0.0125 e. The fraction of sp³-hybridized carbons (Fsp3) is 1.00. The summed E-state index contributed by atoms with van der Waals surface area (Å²) in [5.41, 5.74) is 0.361. The van der Waals surface area contributed by atoms with Gasteiger partial charge < -0.3 is 4.90 Å². The third kappa shape index (κ3) is 4.19. The van der Waals surface area contributed by atoms with Gasteiger partial charge in [0.25, 0.3) is 0 Å². The number of rotatable bonds is 3. The topological polar surface area (TPSA) is 6.48 Å². The molecule has 0 radical (unpaired) electrons. The molecule has 0 unspecified atom stereocenters. The van der Waals surface area contributed by atoms with E-state index >= 15 is 0 Å². The maximum absolute atomic E-state index is 2.73. The molecule has 19 heavy (non-hydrogen) atoms. The summed E-state index contributed by atoms with van der Waals surface area (Å²) in [6, 6.07) is 0. The van der Waals surface area contributed by atoms with Crippen LogP contribution < -0.4 is 0 Å². The van der Waals surface area contributed by atoms with E-state index in [1.165, 1.54) is 52.0 Å². The highest BCUT2D eigenvalue weighted by Gasteiger charge is 2.31. The normalized spacial score (nSPS) is 28.4. The van der Waals surface area contributed by atoms with Crippen LogP contribution >= 0.6 is 0 Å². The van der Waals surface area contributed by atoms with Gasteiger partial charge in [0.05, 0.1) is 0 Å². The second kappa shape index (κ2) is 6.13. The van der Waals surface area contributed by atoms with Crippen LogP contribution in [0.1, 0.15) is 53.9 Å². The van der Waals surface area contributed by atoms with E-state index in [0.717, 1.165) is 17.8 Å². The quantitative estimate of drug-likeness (QED) is 0.772.